The van der Waals surface area contributed by atoms with Crippen LogP contribution in [0.3, 0.4) is 0 Å². The highest BCUT2D eigenvalue weighted by Gasteiger charge is 2.27. The van der Waals surface area contributed by atoms with Crippen molar-refractivity contribution in [3.8, 4) is 0 Å². The van der Waals surface area contributed by atoms with E-state index < -0.39 is 6.10 Å². The number of hydrogen-bond acceptors (Lipinski definition) is 3. The molecule has 1 amide bonds. The van der Waals surface area contributed by atoms with Gasteiger partial charge in [-0.2, -0.15) is 0 Å². The van der Waals surface area contributed by atoms with Gasteiger partial charge in [-0.05, 0) is 44.2 Å². The molecule has 25 heavy (non-hydrogen) atoms. The molecule has 0 bridgehead atoms. The summed E-state index contributed by atoms with van der Waals surface area (Å²) < 4.78 is 10.8. The molecule has 1 unspecified atom stereocenters. The predicted octanol–water partition coefficient (Wildman–Crippen LogP) is 3.32. The van der Waals surface area contributed by atoms with Gasteiger partial charge in [-0.25, -0.2) is 0 Å². The second-order valence-corrected chi connectivity index (χ2v) is 6.62. The van der Waals surface area contributed by atoms with Gasteiger partial charge in [0.05, 0.1) is 13.2 Å². The average Bonchev–Trinajstić information content (AvgIpc) is 3.09. The van der Waals surface area contributed by atoms with Gasteiger partial charge in [0.2, 0.25) is 0 Å². The van der Waals surface area contributed by atoms with E-state index in [4.69, 9.17) is 9.47 Å². The van der Waals surface area contributed by atoms with E-state index in [1.54, 1.807) is 0 Å². The summed E-state index contributed by atoms with van der Waals surface area (Å²) in [5.74, 6) is 0.581. The first-order valence-corrected chi connectivity index (χ1v) is 9.24. The number of carbonyl (C=O) groups excluding carboxylic acids is 1. The number of piperidine rings is 1. The van der Waals surface area contributed by atoms with Crippen molar-refractivity contribution < 1.29 is 14.3 Å². The lowest BCUT2D eigenvalue weighted by Gasteiger charge is -2.33. The summed E-state index contributed by atoms with van der Waals surface area (Å²) in [6.45, 7) is 7.04. The van der Waals surface area contributed by atoms with Crippen molar-refractivity contribution in [3.05, 3.63) is 36.0 Å². The van der Waals surface area contributed by atoms with Crippen molar-refractivity contribution >= 4 is 16.8 Å². The monoisotopic (exact) mass is 344 g/mol. The number of ether oxygens (including phenoxy) is 2. The van der Waals surface area contributed by atoms with Crippen LogP contribution in [0.25, 0.3) is 10.9 Å². The van der Waals surface area contributed by atoms with E-state index in [0.29, 0.717) is 25.7 Å². The van der Waals surface area contributed by atoms with Crippen molar-refractivity contribution in [1.29, 1.82) is 0 Å². The molecule has 2 aromatic rings. The second kappa shape index (κ2) is 8.50. The third-order valence-corrected chi connectivity index (χ3v) is 4.94. The summed E-state index contributed by atoms with van der Waals surface area (Å²) >= 11 is 0. The largest absolute Gasteiger partial charge is 0.379 e. The molecule has 1 aromatic heterocycles. The fourth-order valence-corrected chi connectivity index (χ4v) is 3.48. The Morgan fingerprint density at radius 2 is 2.04 bits per heavy atom. The van der Waals surface area contributed by atoms with E-state index in [1.807, 2.05) is 18.7 Å². The molecule has 3 rings (SSSR count). The van der Waals surface area contributed by atoms with E-state index in [-0.39, 0.29) is 5.91 Å². The minimum absolute atomic E-state index is 0.0894. The van der Waals surface area contributed by atoms with E-state index in [2.05, 4.69) is 35.3 Å². The molecule has 1 aliphatic heterocycles. The molecule has 1 saturated heterocycles. The number of rotatable bonds is 7. The van der Waals surface area contributed by atoms with Crippen molar-refractivity contribution in [3.63, 3.8) is 0 Å². The molecule has 0 radical (unpaired) electrons. The number of aromatic nitrogens is 1. The number of hydrogen-bond donors (Lipinski definition) is 1. The van der Waals surface area contributed by atoms with Crippen LogP contribution in [0.1, 0.15) is 38.3 Å². The lowest BCUT2D eigenvalue weighted by atomic mass is 9.93. The predicted molar refractivity (Wildman–Crippen MR) is 98.8 cm³/mol. The molecule has 5 heteroatoms. The summed E-state index contributed by atoms with van der Waals surface area (Å²) in [6.07, 6.45) is 1.58. The Balaban J connectivity index is 1.50. The Kier molecular flexibility index (Phi) is 6.10. The Labute approximate surface area is 149 Å². The first kappa shape index (κ1) is 18.0. The highest BCUT2D eigenvalue weighted by molar-refractivity contribution is 5.81. The van der Waals surface area contributed by atoms with Gasteiger partial charge in [-0.3, -0.25) is 4.79 Å². The molecule has 1 aliphatic rings. The summed E-state index contributed by atoms with van der Waals surface area (Å²) in [4.78, 5) is 18.0. The standard InChI is InChI=1S/C20H28N2O3/c1-3-24-12-13-25-15(2)20(23)22-10-8-16(9-11-22)19-14-17-6-4-5-7-18(17)21-19/h4-7,14-16,21H,3,8-13H2,1-2H3. The number of fused-ring (bicyclic) bond motifs is 1. The maximum atomic E-state index is 12.5. The number of para-hydroxylation sites is 1. The van der Waals surface area contributed by atoms with Crippen LogP contribution in [0.5, 0.6) is 0 Å². The van der Waals surface area contributed by atoms with Crippen LogP contribution in [0, 0.1) is 0 Å². The smallest absolute Gasteiger partial charge is 0.251 e. The number of carbonyl (C=O) groups is 1. The van der Waals surface area contributed by atoms with Crippen LogP contribution < -0.4 is 0 Å². The van der Waals surface area contributed by atoms with Crippen molar-refractivity contribution in [2.75, 3.05) is 32.9 Å². The molecule has 0 aliphatic carbocycles. The van der Waals surface area contributed by atoms with Gasteiger partial charge in [0.1, 0.15) is 6.10 Å². The zero-order chi connectivity index (χ0) is 17.6. The van der Waals surface area contributed by atoms with Gasteiger partial charge in [0, 0.05) is 36.8 Å². The number of nitrogens with zero attached hydrogens (tertiary/aromatic N) is 1. The zero-order valence-corrected chi connectivity index (χ0v) is 15.2. The fourth-order valence-electron chi connectivity index (χ4n) is 3.48. The molecule has 5 nitrogen and oxygen atoms in total. The third-order valence-electron chi connectivity index (χ3n) is 4.94. The first-order valence-electron chi connectivity index (χ1n) is 9.24. The van der Waals surface area contributed by atoms with E-state index in [9.17, 15) is 4.79 Å². The van der Waals surface area contributed by atoms with E-state index >= 15 is 0 Å². The molecule has 2 heterocycles. The van der Waals surface area contributed by atoms with Crippen molar-refractivity contribution in [2.24, 2.45) is 0 Å². The Morgan fingerprint density at radius 3 is 2.76 bits per heavy atom. The molecule has 0 spiro atoms. The van der Waals surface area contributed by atoms with Crippen LogP contribution in [0.4, 0.5) is 0 Å². The number of H-pyrrole nitrogens is 1. The van der Waals surface area contributed by atoms with Crippen LogP contribution in [0.2, 0.25) is 0 Å². The summed E-state index contributed by atoms with van der Waals surface area (Å²) in [5, 5.41) is 1.26. The van der Waals surface area contributed by atoms with Crippen LogP contribution in [-0.2, 0) is 14.3 Å². The number of aromatic amines is 1. The Hall–Kier alpha value is -1.85. The third kappa shape index (κ3) is 4.41. The fraction of sp³-hybridized carbons (Fsp3) is 0.550. The average molecular weight is 344 g/mol. The van der Waals surface area contributed by atoms with Gasteiger partial charge in [-0.1, -0.05) is 18.2 Å². The molecule has 1 N–H and O–H groups in total. The number of amides is 1. The molecular formula is C20H28N2O3. The Morgan fingerprint density at radius 1 is 1.28 bits per heavy atom. The molecule has 136 valence electrons. The quantitative estimate of drug-likeness (QED) is 0.784. The summed E-state index contributed by atoms with van der Waals surface area (Å²) in [5.41, 5.74) is 2.47. The normalized spacial score (nSPS) is 17.1. The first-order chi connectivity index (χ1) is 12.2. The van der Waals surface area contributed by atoms with Crippen LogP contribution in [0.15, 0.2) is 30.3 Å². The van der Waals surface area contributed by atoms with Crippen molar-refractivity contribution in [2.45, 2.75) is 38.7 Å². The zero-order valence-electron chi connectivity index (χ0n) is 15.2. The molecule has 1 aromatic carbocycles. The van der Waals surface area contributed by atoms with Crippen LogP contribution in [-0.4, -0.2) is 54.8 Å². The Bertz CT molecular complexity index is 656. The molecule has 1 fully saturated rings. The van der Waals surface area contributed by atoms with E-state index in [1.165, 1.54) is 16.6 Å². The SMILES string of the molecule is CCOCCOC(C)C(=O)N1CCC(c2cc3ccccc3[nH]2)CC1. The highest BCUT2D eigenvalue weighted by Crippen LogP contribution is 2.30. The summed E-state index contributed by atoms with van der Waals surface area (Å²) in [7, 11) is 0. The number of benzene rings is 1. The van der Waals surface area contributed by atoms with Gasteiger partial charge in [0.25, 0.3) is 5.91 Å². The van der Waals surface area contributed by atoms with Gasteiger partial charge in [-0.15, -0.1) is 0 Å². The second-order valence-electron chi connectivity index (χ2n) is 6.62. The molecule has 0 saturated carbocycles. The summed E-state index contributed by atoms with van der Waals surface area (Å²) in [6, 6.07) is 10.6. The number of likely N-dealkylation sites (tertiary alicyclic amines) is 1. The van der Waals surface area contributed by atoms with Gasteiger partial charge in [0.15, 0.2) is 0 Å². The van der Waals surface area contributed by atoms with Crippen molar-refractivity contribution in [1.82, 2.24) is 9.88 Å². The van der Waals surface area contributed by atoms with Gasteiger partial charge < -0.3 is 19.4 Å². The number of nitrogens with one attached hydrogen (secondary N) is 1. The topological polar surface area (TPSA) is 54.6 Å². The lowest BCUT2D eigenvalue weighted by Crippen LogP contribution is -2.43. The van der Waals surface area contributed by atoms with Crippen LogP contribution >= 0.6 is 0 Å². The highest BCUT2D eigenvalue weighted by atomic mass is 16.5. The molecular weight excluding hydrogens is 316 g/mol. The maximum absolute atomic E-state index is 12.5. The van der Waals surface area contributed by atoms with E-state index in [0.717, 1.165) is 25.9 Å². The lowest BCUT2D eigenvalue weighted by molar-refractivity contribution is -0.144. The van der Waals surface area contributed by atoms with Gasteiger partial charge >= 0.3 is 0 Å². The molecule has 1 atom stereocenters. The minimum atomic E-state index is -0.398. The minimum Gasteiger partial charge on any atom is -0.379 e. The maximum Gasteiger partial charge on any atom is 0.251 e.